The largest absolute Gasteiger partial charge is 0.479 e. The molecule has 1 saturated heterocycles. The number of anilines is 1. The number of carbonyl (C=O) groups is 1. The van der Waals surface area contributed by atoms with Gasteiger partial charge in [-0.3, -0.25) is 0 Å². The summed E-state index contributed by atoms with van der Waals surface area (Å²) in [6, 6.07) is 1.71. The lowest BCUT2D eigenvalue weighted by Crippen LogP contribution is -2.47. The SMILES string of the molecule is Cc1cc(OC(C)C)nc(NC2(C(=O)O)CCOC2)n1. The molecule has 0 saturated carbocycles. The van der Waals surface area contributed by atoms with Crippen LogP contribution < -0.4 is 10.1 Å². The van der Waals surface area contributed by atoms with Crippen molar-refractivity contribution >= 4 is 11.9 Å². The van der Waals surface area contributed by atoms with Crippen molar-refractivity contribution in [3.8, 4) is 5.88 Å². The highest BCUT2D eigenvalue weighted by Crippen LogP contribution is 2.24. The van der Waals surface area contributed by atoms with Crippen LogP contribution in [0.5, 0.6) is 5.88 Å². The molecule has 0 spiro atoms. The average molecular weight is 281 g/mol. The van der Waals surface area contributed by atoms with Gasteiger partial charge < -0.3 is 19.9 Å². The molecule has 2 N–H and O–H groups in total. The molecule has 1 fully saturated rings. The highest BCUT2D eigenvalue weighted by molar-refractivity contribution is 5.82. The van der Waals surface area contributed by atoms with Crippen molar-refractivity contribution < 1.29 is 19.4 Å². The molecule has 7 nitrogen and oxygen atoms in total. The molecule has 0 bridgehead atoms. The number of nitrogens with zero attached hydrogens (tertiary/aromatic N) is 2. The van der Waals surface area contributed by atoms with Gasteiger partial charge in [0.1, 0.15) is 0 Å². The second-order valence-corrected chi connectivity index (χ2v) is 5.15. The summed E-state index contributed by atoms with van der Waals surface area (Å²) in [5, 5.41) is 12.3. The fourth-order valence-corrected chi connectivity index (χ4v) is 2.00. The minimum absolute atomic E-state index is 0.0135. The fraction of sp³-hybridized carbons (Fsp3) is 0.615. The number of rotatable bonds is 5. The number of aryl methyl sites for hydroxylation is 1. The number of aliphatic carboxylic acids is 1. The topological polar surface area (TPSA) is 93.6 Å². The first-order valence-corrected chi connectivity index (χ1v) is 6.53. The van der Waals surface area contributed by atoms with Gasteiger partial charge in [0.15, 0.2) is 5.54 Å². The van der Waals surface area contributed by atoms with Crippen LogP contribution in [0.15, 0.2) is 6.07 Å². The van der Waals surface area contributed by atoms with E-state index < -0.39 is 11.5 Å². The predicted octanol–water partition coefficient (Wildman–Crippen LogP) is 1.23. The summed E-state index contributed by atoms with van der Waals surface area (Å²) in [5.74, 6) is -0.297. The van der Waals surface area contributed by atoms with E-state index in [-0.39, 0.29) is 18.7 Å². The van der Waals surface area contributed by atoms with Crippen molar-refractivity contribution in [2.75, 3.05) is 18.5 Å². The minimum Gasteiger partial charge on any atom is -0.479 e. The summed E-state index contributed by atoms with van der Waals surface area (Å²) >= 11 is 0. The van der Waals surface area contributed by atoms with Gasteiger partial charge in [-0.25, -0.2) is 9.78 Å². The lowest BCUT2D eigenvalue weighted by atomic mass is 9.99. The van der Waals surface area contributed by atoms with E-state index in [1.165, 1.54) is 0 Å². The third-order valence-electron chi connectivity index (χ3n) is 2.97. The molecule has 1 aromatic rings. The molecule has 110 valence electrons. The normalized spacial score (nSPS) is 22.0. The molecule has 0 aromatic carbocycles. The maximum absolute atomic E-state index is 11.4. The molecule has 1 aliphatic rings. The van der Waals surface area contributed by atoms with Crippen LogP contribution in [0.2, 0.25) is 0 Å². The van der Waals surface area contributed by atoms with Crippen LogP contribution in [0.3, 0.4) is 0 Å². The first kappa shape index (κ1) is 14.5. The molecular formula is C13H19N3O4. The van der Waals surface area contributed by atoms with Crippen molar-refractivity contribution in [3.63, 3.8) is 0 Å². The Labute approximate surface area is 117 Å². The lowest BCUT2D eigenvalue weighted by molar-refractivity contribution is -0.142. The van der Waals surface area contributed by atoms with Gasteiger partial charge in [0.2, 0.25) is 11.8 Å². The Morgan fingerprint density at radius 1 is 1.55 bits per heavy atom. The minimum atomic E-state index is -1.16. The zero-order valence-corrected chi connectivity index (χ0v) is 11.8. The number of ether oxygens (including phenoxy) is 2. The Morgan fingerprint density at radius 3 is 2.85 bits per heavy atom. The number of nitrogens with one attached hydrogen (secondary N) is 1. The number of hydrogen-bond acceptors (Lipinski definition) is 6. The third kappa shape index (κ3) is 3.16. The van der Waals surface area contributed by atoms with E-state index >= 15 is 0 Å². The zero-order valence-electron chi connectivity index (χ0n) is 11.8. The summed E-state index contributed by atoms with van der Waals surface area (Å²) < 4.78 is 10.7. The van der Waals surface area contributed by atoms with Crippen LogP contribution in [-0.4, -0.2) is 45.9 Å². The highest BCUT2D eigenvalue weighted by atomic mass is 16.5. The molecule has 1 aromatic heterocycles. The van der Waals surface area contributed by atoms with Gasteiger partial charge in [-0.2, -0.15) is 4.98 Å². The summed E-state index contributed by atoms with van der Waals surface area (Å²) in [6.07, 6.45) is 0.361. The maximum atomic E-state index is 11.4. The van der Waals surface area contributed by atoms with E-state index in [1.54, 1.807) is 13.0 Å². The van der Waals surface area contributed by atoms with E-state index in [4.69, 9.17) is 9.47 Å². The van der Waals surface area contributed by atoms with E-state index in [0.29, 0.717) is 24.6 Å². The van der Waals surface area contributed by atoms with Crippen LogP contribution in [0.25, 0.3) is 0 Å². The van der Waals surface area contributed by atoms with Crippen molar-refractivity contribution in [1.29, 1.82) is 0 Å². The number of carboxylic acid groups (broad SMARTS) is 1. The van der Waals surface area contributed by atoms with Crippen molar-refractivity contribution in [2.24, 2.45) is 0 Å². The monoisotopic (exact) mass is 281 g/mol. The molecular weight excluding hydrogens is 262 g/mol. The van der Waals surface area contributed by atoms with Crippen molar-refractivity contribution in [2.45, 2.75) is 38.8 Å². The summed E-state index contributed by atoms with van der Waals surface area (Å²) in [7, 11) is 0. The van der Waals surface area contributed by atoms with Gasteiger partial charge in [0.25, 0.3) is 0 Å². The quantitative estimate of drug-likeness (QED) is 0.838. The van der Waals surface area contributed by atoms with Gasteiger partial charge in [-0.05, 0) is 20.8 Å². The number of hydrogen-bond donors (Lipinski definition) is 2. The molecule has 1 aliphatic heterocycles. The summed E-state index contributed by atoms with van der Waals surface area (Å²) in [4.78, 5) is 19.9. The third-order valence-corrected chi connectivity index (χ3v) is 2.97. The first-order valence-electron chi connectivity index (χ1n) is 6.53. The van der Waals surface area contributed by atoms with Crippen LogP contribution in [0, 0.1) is 6.92 Å². The molecule has 7 heteroatoms. The highest BCUT2D eigenvalue weighted by Gasteiger charge is 2.43. The maximum Gasteiger partial charge on any atom is 0.331 e. The molecule has 0 aliphatic carbocycles. The standard InChI is InChI=1S/C13H19N3O4/c1-8(2)20-10-6-9(3)14-12(15-10)16-13(11(17)18)4-5-19-7-13/h6,8H,4-5,7H2,1-3H3,(H,17,18)(H,14,15,16). The second-order valence-electron chi connectivity index (χ2n) is 5.15. The Bertz CT molecular complexity index is 498. The predicted molar refractivity (Wildman–Crippen MR) is 72.0 cm³/mol. The van der Waals surface area contributed by atoms with Crippen molar-refractivity contribution in [3.05, 3.63) is 11.8 Å². The van der Waals surface area contributed by atoms with Gasteiger partial charge in [0, 0.05) is 24.8 Å². The Morgan fingerprint density at radius 2 is 2.30 bits per heavy atom. The van der Waals surface area contributed by atoms with Gasteiger partial charge in [-0.1, -0.05) is 0 Å². The number of aromatic nitrogens is 2. The Kier molecular flexibility index (Phi) is 4.08. The lowest BCUT2D eigenvalue weighted by Gasteiger charge is -2.24. The van der Waals surface area contributed by atoms with Crippen molar-refractivity contribution in [1.82, 2.24) is 9.97 Å². The zero-order chi connectivity index (χ0) is 14.8. The Balaban J connectivity index is 2.24. The smallest absolute Gasteiger partial charge is 0.331 e. The molecule has 20 heavy (non-hydrogen) atoms. The summed E-state index contributed by atoms with van der Waals surface area (Å²) in [5.41, 5.74) is -0.458. The molecule has 1 atom stereocenters. The van der Waals surface area contributed by atoms with Crippen LogP contribution in [0.4, 0.5) is 5.95 Å². The molecule has 2 rings (SSSR count). The summed E-state index contributed by atoms with van der Waals surface area (Å²) in [6.45, 7) is 6.10. The first-order chi connectivity index (χ1) is 9.41. The fourth-order valence-electron chi connectivity index (χ4n) is 2.00. The Hall–Kier alpha value is -1.89. The average Bonchev–Trinajstić information content (AvgIpc) is 2.76. The molecule has 0 radical (unpaired) electrons. The molecule has 2 heterocycles. The van der Waals surface area contributed by atoms with Crippen LogP contribution in [-0.2, 0) is 9.53 Å². The second kappa shape index (κ2) is 5.62. The van der Waals surface area contributed by atoms with E-state index in [9.17, 15) is 9.90 Å². The van der Waals surface area contributed by atoms with Crippen LogP contribution >= 0.6 is 0 Å². The van der Waals surface area contributed by atoms with E-state index in [2.05, 4.69) is 15.3 Å². The van der Waals surface area contributed by atoms with Crippen LogP contribution in [0.1, 0.15) is 26.0 Å². The number of carboxylic acids is 1. The molecule has 0 amide bonds. The van der Waals surface area contributed by atoms with E-state index in [1.807, 2.05) is 13.8 Å². The molecule has 1 unspecified atom stereocenters. The van der Waals surface area contributed by atoms with Gasteiger partial charge >= 0.3 is 5.97 Å². The van der Waals surface area contributed by atoms with Gasteiger partial charge in [0.05, 0.1) is 12.7 Å². The van der Waals surface area contributed by atoms with E-state index in [0.717, 1.165) is 0 Å². The van der Waals surface area contributed by atoms with Gasteiger partial charge in [-0.15, -0.1) is 0 Å².